The maximum atomic E-state index is 15.0. The standard InChI is InChI=1S/C26H31F2N5O2/c1-26(2,3)20-10-9-17(11-21(20)28)24(16-7-5-4-6-8-16)30-25(35)22-12-18(27)15-33(22)23(34)13-19-14-29-32-31-19/h4-11,14,18,22,24,29,31-32H,12-13,15H2,1-3H3,(H,30,35)/t18-,22+,24+/m1/s1. The molecular formula is C26H31F2N5O2. The van der Waals surface area contributed by atoms with Crippen LogP contribution in [0.1, 0.15) is 56.3 Å². The van der Waals surface area contributed by atoms with Gasteiger partial charge in [0.1, 0.15) is 18.0 Å². The summed E-state index contributed by atoms with van der Waals surface area (Å²) < 4.78 is 29.4. The van der Waals surface area contributed by atoms with Crippen LogP contribution in [0.2, 0.25) is 0 Å². The van der Waals surface area contributed by atoms with Crippen LogP contribution in [-0.4, -0.2) is 35.5 Å². The molecule has 2 aromatic carbocycles. The molecule has 35 heavy (non-hydrogen) atoms. The summed E-state index contributed by atoms with van der Waals surface area (Å²) in [6.45, 7) is 5.66. The van der Waals surface area contributed by atoms with Gasteiger partial charge in [-0.25, -0.2) is 8.78 Å². The van der Waals surface area contributed by atoms with Crippen molar-refractivity contribution in [2.24, 2.45) is 0 Å². The van der Waals surface area contributed by atoms with Gasteiger partial charge in [0.05, 0.1) is 24.7 Å². The number of nitrogens with one attached hydrogen (secondary N) is 4. The molecule has 1 fully saturated rings. The summed E-state index contributed by atoms with van der Waals surface area (Å²) >= 11 is 0. The van der Waals surface area contributed by atoms with E-state index in [1.807, 2.05) is 51.1 Å². The molecule has 2 amide bonds. The molecule has 0 saturated carbocycles. The highest BCUT2D eigenvalue weighted by Gasteiger charge is 2.40. The first-order chi connectivity index (χ1) is 16.6. The molecule has 2 aliphatic heterocycles. The van der Waals surface area contributed by atoms with E-state index in [0.29, 0.717) is 16.8 Å². The van der Waals surface area contributed by atoms with E-state index >= 15 is 4.39 Å². The predicted molar refractivity (Wildman–Crippen MR) is 129 cm³/mol. The van der Waals surface area contributed by atoms with Gasteiger partial charge in [0.25, 0.3) is 0 Å². The molecule has 0 aliphatic carbocycles. The van der Waals surface area contributed by atoms with Gasteiger partial charge in [-0.2, -0.15) is 5.53 Å². The third kappa shape index (κ3) is 5.62. The fourth-order valence-electron chi connectivity index (χ4n) is 4.51. The number of alkyl halides is 1. The quantitative estimate of drug-likeness (QED) is 0.508. The van der Waals surface area contributed by atoms with E-state index in [2.05, 4.69) is 21.7 Å². The van der Waals surface area contributed by atoms with Crippen molar-refractivity contribution >= 4 is 11.8 Å². The lowest BCUT2D eigenvalue weighted by Crippen LogP contribution is -2.47. The number of likely N-dealkylation sites (tertiary alicyclic amines) is 1. The highest BCUT2D eigenvalue weighted by atomic mass is 19.1. The number of hydrazine groups is 2. The lowest BCUT2D eigenvalue weighted by molar-refractivity contribution is -0.138. The third-order valence-electron chi connectivity index (χ3n) is 6.31. The summed E-state index contributed by atoms with van der Waals surface area (Å²) in [5, 5.41) is 2.95. The van der Waals surface area contributed by atoms with E-state index in [1.165, 1.54) is 11.0 Å². The van der Waals surface area contributed by atoms with Gasteiger partial charge in [0.15, 0.2) is 0 Å². The Morgan fingerprint density at radius 3 is 2.51 bits per heavy atom. The van der Waals surface area contributed by atoms with Crippen LogP contribution in [0.25, 0.3) is 0 Å². The summed E-state index contributed by atoms with van der Waals surface area (Å²) in [6, 6.07) is 12.6. The second kappa shape index (κ2) is 10.0. The van der Waals surface area contributed by atoms with E-state index < -0.39 is 24.2 Å². The van der Waals surface area contributed by atoms with Crippen molar-refractivity contribution in [3.8, 4) is 0 Å². The van der Waals surface area contributed by atoms with E-state index in [9.17, 15) is 14.0 Å². The maximum absolute atomic E-state index is 15.0. The van der Waals surface area contributed by atoms with E-state index in [1.54, 1.807) is 18.3 Å². The van der Waals surface area contributed by atoms with E-state index in [4.69, 9.17) is 0 Å². The Morgan fingerprint density at radius 2 is 1.89 bits per heavy atom. The number of carbonyl (C=O) groups excluding carboxylic acids is 2. The SMILES string of the molecule is CC(C)(C)c1ccc([C@@H](NC(=O)[C@@H]2C[C@@H](F)CN2C(=O)CC2=CNNN2)c2ccccc2)cc1F. The largest absolute Gasteiger partial charge is 0.343 e. The number of halogens is 2. The van der Waals surface area contributed by atoms with Crippen molar-refractivity contribution < 1.29 is 18.4 Å². The molecule has 2 heterocycles. The Balaban J connectivity index is 1.59. The Bertz CT molecular complexity index is 1120. The molecule has 186 valence electrons. The number of benzene rings is 2. The zero-order chi connectivity index (χ0) is 25.2. The van der Waals surface area contributed by atoms with Crippen molar-refractivity contribution in [2.45, 2.75) is 57.3 Å². The maximum Gasteiger partial charge on any atom is 0.243 e. The highest BCUT2D eigenvalue weighted by molar-refractivity contribution is 5.89. The molecule has 4 N–H and O–H groups in total. The fourth-order valence-corrected chi connectivity index (χ4v) is 4.51. The van der Waals surface area contributed by atoms with Crippen LogP contribution in [0.4, 0.5) is 8.78 Å². The molecule has 3 atom stereocenters. The van der Waals surface area contributed by atoms with Crippen LogP contribution >= 0.6 is 0 Å². The molecule has 4 rings (SSSR count). The van der Waals surface area contributed by atoms with Gasteiger partial charge in [-0.05, 0) is 28.2 Å². The first kappa shape index (κ1) is 24.7. The molecular weight excluding hydrogens is 452 g/mol. The van der Waals surface area contributed by atoms with Gasteiger partial charge in [-0.1, -0.05) is 63.2 Å². The Kier molecular flexibility index (Phi) is 7.07. The number of carbonyl (C=O) groups is 2. The molecule has 0 aromatic heterocycles. The molecule has 0 bridgehead atoms. The van der Waals surface area contributed by atoms with Gasteiger partial charge >= 0.3 is 0 Å². The zero-order valence-electron chi connectivity index (χ0n) is 20.1. The van der Waals surface area contributed by atoms with Crippen LogP contribution in [0.3, 0.4) is 0 Å². The molecule has 0 unspecified atom stereocenters. The molecule has 1 saturated heterocycles. The first-order valence-electron chi connectivity index (χ1n) is 11.7. The van der Waals surface area contributed by atoms with Gasteiger partial charge < -0.3 is 21.1 Å². The second-order valence-corrected chi connectivity index (χ2v) is 9.98. The summed E-state index contributed by atoms with van der Waals surface area (Å²) in [4.78, 5) is 27.5. The molecule has 9 heteroatoms. The smallest absolute Gasteiger partial charge is 0.243 e. The first-order valence-corrected chi connectivity index (χ1v) is 11.7. The van der Waals surface area contributed by atoms with Crippen molar-refractivity contribution in [1.82, 2.24) is 26.6 Å². The van der Waals surface area contributed by atoms with E-state index in [0.717, 1.165) is 5.56 Å². The summed E-state index contributed by atoms with van der Waals surface area (Å²) in [7, 11) is 0. The van der Waals surface area contributed by atoms with Gasteiger partial charge in [-0.15, -0.1) is 0 Å². The molecule has 7 nitrogen and oxygen atoms in total. The van der Waals surface area contributed by atoms with Crippen LogP contribution in [0.5, 0.6) is 0 Å². The number of hydrogen-bond acceptors (Lipinski definition) is 5. The van der Waals surface area contributed by atoms with Crippen molar-refractivity contribution in [3.63, 3.8) is 0 Å². The van der Waals surface area contributed by atoms with Crippen molar-refractivity contribution in [2.75, 3.05) is 6.54 Å². The Hall–Kier alpha value is -3.46. The lowest BCUT2D eigenvalue weighted by atomic mass is 9.85. The van der Waals surface area contributed by atoms with Crippen LogP contribution in [-0.2, 0) is 15.0 Å². The van der Waals surface area contributed by atoms with E-state index in [-0.39, 0.29) is 36.5 Å². The van der Waals surface area contributed by atoms with Crippen molar-refractivity contribution in [3.05, 3.63) is 82.9 Å². The monoisotopic (exact) mass is 483 g/mol. The summed E-state index contributed by atoms with van der Waals surface area (Å²) in [6.07, 6.45) is 0.212. The predicted octanol–water partition coefficient (Wildman–Crippen LogP) is 3.11. The second-order valence-electron chi connectivity index (χ2n) is 9.98. The number of amides is 2. The number of hydrogen-bond donors (Lipinski definition) is 4. The normalized spacial score (nSPS) is 20.6. The fraction of sp³-hybridized carbons (Fsp3) is 0.385. The van der Waals surface area contributed by atoms with Crippen LogP contribution in [0, 0.1) is 5.82 Å². The number of nitrogens with zero attached hydrogens (tertiary/aromatic N) is 1. The molecule has 2 aliphatic rings. The Labute approximate surface area is 203 Å². The lowest BCUT2D eigenvalue weighted by Gasteiger charge is -2.28. The summed E-state index contributed by atoms with van der Waals surface area (Å²) in [5.41, 5.74) is 10.3. The van der Waals surface area contributed by atoms with Gasteiger partial charge in [0.2, 0.25) is 11.8 Å². The molecule has 2 aromatic rings. The minimum Gasteiger partial charge on any atom is -0.343 e. The molecule has 0 radical (unpaired) electrons. The van der Waals surface area contributed by atoms with Gasteiger partial charge in [0, 0.05) is 12.6 Å². The summed E-state index contributed by atoms with van der Waals surface area (Å²) in [5.74, 6) is -1.19. The molecule has 0 spiro atoms. The Morgan fingerprint density at radius 1 is 1.14 bits per heavy atom. The van der Waals surface area contributed by atoms with Crippen LogP contribution in [0.15, 0.2) is 60.4 Å². The average Bonchev–Trinajstić information content (AvgIpc) is 3.46. The van der Waals surface area contributed by atoms with Crippen molar-refractivity contribution in [1.29, 1.82) is 0 Å². The minimum atomic E-state index is -1.30. The highest BCUT2D eigenvalue weighted by Crippen LogP contribution is 2.30. The minimum absolute atomic E-state index is 0.00189. The van der Waals surface area contributed by atoms with Crippen LogP contribution < -0.4 is 21.7 Å². The van der Waals surface area contributed by atoms with Gasteiger partial charge in [-0.3, -0.25) is 9.59 Å². The average molecular weight is 484 g/mol. The zero-order valence-corrected chi connectivity index (χ0v) is 20.1. The number of rotatable bonds is 6. The topological polar surface area (TPSA) is 85.5 Å². The third-order valence-corrected chi connectivity index (χ3v) is 6.31.